The molecule has 1 fully saturated rings. The predicted molar refractivity (Wildman–Crippen MR) is 82.3 cm³/mol. The van der Waals surface area contributed by atoms with E-state index in [1.807, 2.05) is 31.2 Å². The molecule has 1 saturated heterocycles. The highest BCUT2D eigenvalue weighted by Gasteiger charge is 2.41. The number of fused-ring (bicyclic) bond motifs is 1. The topological polar surface area (TPSA) is 78.6 Å². The van der Waals surface area contributed by atoms with Gasteiger partial charge in [-0.1, -0.05) is 24.2 Å². The van der Waals surface area contributed by atoms with Crippen LogP contribution in [0.5, 0.6) is 0 Å². The van der Waals surface area contributed by atoms with Crippen LogP contribution >= 0.6 is 0 Å². The van der Waals surface area contributed by atoms with Gasteiger partial charge in [0.15, 0.2) is 5.58 Å². The minimum Gasteiger partial charge on any atom is -0.394 e. The molecule has 2 N–H and O–H groups in total. The molecule has 1 aromatic carbocycles. The first-order valence-corrected chi connectivity index (χ1v) is 7.70. The van der Waals surface area contributed by atoms with Crippen molar-refractivity contribution in [2.75, 3.05) is 13.2 Å². The molecule has 22 heavy (non-hydrogen) atoms. The van der Waals surface area contributed by atoms with E-state index in [1.54, 1.807) is 4.90 Å². The molecule has 0 spiro atoms. The molecule has 1 aliphatic heterocycles. The highest BCUT2D eigenvalue weighted by molar-refractivity contribution is 5.80. The van der Waals surface area contributed by atoms with Gasteiger partial charge in [-0.05, 0) is 31.4 Å². The Kier molecular flexibility index (Phi) is 4.02. The van der Waals surface area contributed by atoms with E-state index in [0.29, 0.717) is 24.4 Å². The largest absolute Gasteiger partial charge is 0.394 e. The van der Waals surface area contributed by atoms with Crippen molar-refractivity contribution in [2.45, 2.75) is 38.3 Å². The molecule has 1 unspecified atom stereocenters. The molecule has 6 nitrogen and oxygen atoms in total. The third kappa shape index (κ3) is 2.43. The smallest absolute Gasteiger partial charge is 0.318 e. The number of aliphatic hydroxyl groups excluding tert-OH is 1. The van der Waals surface area contributed by atoms with Crippen molar-refractivity contribution in [2.24, 2.45) is 0 Å². The van der Waals surface area contributed by atoms with Crippen LogP contribution in [0.25, 0.3) is 11.0 Å². The first-order chi connectivity index (χ1) is 10.7. The lowest BCUT2D eigenvalue weighted by Crippen LogP contribution is -2.53. The minimum absolute atomic E-state index is 0.00378. The van der Waals surface area contributed by atoms with Gasteiger partial charge in [0, 0.05) is 11.9 Å². The van der Waals surface area contributed by atoms with E-state index < -0.39 is 5.54 Å². The Morgan fingerprint density at radius 1 is 1.50 bits per heavy atom. The number of likely N-dealkylation sites (tertiary alicyclic amines) is 1. The van der Waals surface area contributed by atoms with Crippen molar-refractivity contribution >= 4 is 17.0 Å². The van der Waals surface area contributed by atoms with Gasteiger partial charge in [-0.25, -0.2) is 4.79 Å². The summed E-state index contributed by atoms with van der Waals surface area (Å²) in [4.78, 5) is 14.2. The van der Waals surface area contributed by atoms with Crippen LogP contribution in [0.1, 0.15) is 31.9 Å². The SMILES string of the molecule is CCC1(CO)CCCN1C(=O)NCc1noc2ccccc12. The van der Waals surface area contributed by atoms with Gasteiger partial charge in [-0.15, -0.1) is 0 Å². The number of aromatic nitrogens is 1. The maximum atomic E-state index is 12.5. The molecular weight excluding hydrogens is 282 g/mol. The number of carbonyl (C=O) groups excluding carboxylic acids is 1. The summed E-state index contributed by atoms with van der Waals surface area (Å²) in [6, 6.07) is 7.42. The molecule has 0 saturated carbocycles. The number of benzene rings is 1. The molecule has 118 valence electrons. The summed E-state index contributed by atoms with van der Waals surface area (Å²) in [5, 5.41) is 17.5. The van der Waals surface area contributed by atoms with Crippen molar-refractivity contribution < 1.29 is 14.4 Å². The van der Waals surface area contributed by atoms with E-state index in [1.165, 1.54) is 0 Å². The number of rotatable bonds is 4. The van der Waals surface area contributed by atoms with Gasteiger partial charge in [0.05, 0.1) is 18.7 Å². The first kappa shape index (κ1) is 14.8. The fraction of sp³-hybridized carbons (Fsp3) is 0.500. The lowest BCUT2D eigenvalue weighted by atomic mass is 9.94. The quantitative estimate of drug-likeness (QED) is 0.908. The van der Waals surface area contributed by atoms with Crippen LogP contribution in [0.15, 0.2) is 28.8 Å². The molecule has 0 radical (unpaired) electrons. The van der Waals surface area contributed by atoms with Crippen molar-refractivity contribution in [1.82, 2.24) is 15.4 Å². The second-order valence-corrected chi connectivity index (χ2v) is 5.78. The zero-order valence-electron chi connectivity index (χ0n) is 12.7. The second kappa shape index (κ2) is 5.96. The molecule has 3 rings (SSSR count). The van der Waals surface area contributed by atoms with E-state index in [9.17, 15) is 9.90 Å². The van der Waals surface area contributed by atoms with Crippen molar-refractivity contribution in [1.29, 1.82) is 0 Å². The molecule has 0 aliphatic carbocycles. The van der Waals surface area contributed by atoms with E-state index in [2.05, 4.69) is 10.5 Å². The third-order valence-electron chi connectivity index (χ3n) is 4.65. The van der Waals surface area contributed by atoms with Gasteiger partial charge in [0.25, 0.3) is 0 Å². The first-order valence-electron chi connectivity index (χ1n) is 7.70. The van der Waals surface area contributed by atoms with Gasteiger partial charge in [0.2, 0.25) is 0 Å². The minimum atomic E-state index is -0.421. The molecule has 2 aromatic rings. The predicted octanol–water partition coefficient (Wildman–Crippen LogP) is 2.27. The number of urea groups is 1. The van der Waals surface area contributed by atoms with Gasteiger partial charge in [-0.2, -0.15) is 0 Å². The molecule has 2 amide bonds. The third-order valence-corrected chi connectivity index (χ3v) is 4.65. The Morgan fingerprint density at radius 3 is 3.09 bits per heavy atom. The van der Waals surface area contributed by atoms with Crippen LogP contribution in [0.3, 0.4) is 0 Å². The summed E-state index contributed by atoms with van der Waals surface area (Å²) >= 11 is 0. The molecule has 1 aromatic heterocycles. The van der Waals surface area contributed by atoms with Crippen LogP contribution in [0, 0.1) is 0 Å². The zero-order valence-corrected chi connectivity index (χ0v) is 12.7. The average Bonchev–Trinajstić information content (AvgIpc) is 3.17. The van der Waals surface area contributed by atoms with E-state index >= 15 is 0 Å². The number of nitrogens with zero attached hydrogens (tertiary/aromatic N) is 2. The molecule has 2 heterocycles. The van der Waals surface area contributed by atoms with Crippen LogP contribution in [0.4, 0.5) is 4.79 Å². The van der Waals surface area contributed by atoms with Crippen molar-refractivity contribution in [3.8, 4) is 0 Å². The maximum absolute atomic E-state index is 12.5. The van der Waals surface area contributed by atoms with Crippen LogP contribution in [-0.4, -0.2) is 39.9 Å². The Balaban J connectivity index is 1.70. The average molecular weight is 303 g/mol. The molecular formula is C16H21N3O3. The van der Waals surface area contributed by atoms with Crippen LogP contribution in [-0.2, 0) is 6.54 Å². The Morgan fingerprint density at radius 2 is 2.32 bits per heavy atom. The van der Waals surface area contributed by atoms with E-state index in [4.69, 9.17) is 4.52 Å². The Labute approximate surface area is 129 Å². The normalized spacial score (nSPS) is 21.5. The summed E-state index contributed by atoms with van der Waals surface area (Å²) in [5.74, 6) is 0. The number of hydrogen-bond acceptors (Lipinski definition) is 4. The maximum Gasteiger partial charge on any atom is 0.318 e. The van der Waals surface area contributed by atoms with Gasteiger partial charge in [0.1, 0.15) is 5.69 Å². The van der Waals surface area contributed by atoms with Gasteiger partial charge < -0.3 is 19.8 Å². The molecule has 0 bridgehead atoms. The molecule has 6 heteroatoms. The Bertz CT molecular complexity index is 663. The number of hydrogen-bond donors (Lipinski definition) is 2. The monoisotopic (exact) mass is 303 g/mol. The summed E-state index contributed by atoms with van der Waals surface area (Å²) in [5.41, 5.74) is 1.01. The fourth-order valence-electron chi connectivity index (χ4n) is 3.22. The standard InChI is InChI=1S/C16H21N3O3/c1-2-16(11-20)8-5-9-19(16)15(21)17-10-13-12-6-3-4-7-14(12)22-18-13/h3-4,6-7,20H,2,5,8-11H2,1H3,(H,17,21). The lowest BCUT2D eigenvalue weighted by Gasteiger charge is -2.36. The number of nitrogens with one attached hydrogen (secondary N) is 1. The van der Waals surface area contributed by atoms with Gasteiger partial charge >= 0.3 is 6.03 Å². The fourth-order valence-corrected chi connectivity index (χ4v) is 3.22. The lowest BCUT2D eigenvalue weighted by molar-refractivity contribution is 0.0808. The number of carbonyl (C=O) groups is 1. The number of para-hydroxylation sites is 1. The summed E-state index contributed by atoms with van der Waals surface area (Å²) in [6.45, 7) is 3.01. The molecule has 1 atom stereocenters. The Hall–Kier alpha value is -2.08. The van der Waals surface area contributed by atoms with E-state index in [0.717, 1.165) is 24.6 Å². The van der Waals surface area contributed by atoms with Gasteiger partial charge in [-0.3, -0.25) is 0 Å². The van der Waals surface area contributed by atoms with Crippen molar-refractivity contribution in [3.05, 3.63) is 30.0 Å². The summed E-state index contributed by atoms with van der Waals surface area (Å²) in [7, 11) is 0. The van der Waals surface area contributed by atoms with Crippen LogP contribution in [0.2, 0.25) is 0 Å². The summed E-state index contributed by atoms with van der Waals surface area (Å²) < 4.78 is 5.24. The van der Waals surface area contributed by atoms with Crippen molar-refractivity contribution in [3.63, 3.8) is 0 Å². The molecule has 1 aliphatic rings. The van der Waals surface area contributed by atoms with Crippen LogP contribution < -0.4 is 5.32 Å². The second-order valence-electron chi connectivity index (χ2n) is 5.78. The summed E-state index contributed by atoms with van der Waals surface area (Å²) in [6.07, 6.45) is 2.53. The van der Waals surface area contributed by atoms with E-state index in [-0.39, 0.29) is 12.6 Å². The zero-order chi connectivity index (χ0) is 15.6. The number of aliphatic hydroxyl groups is 1. The highest BCUT2D eigenvalue weighted by Crippen LogP contribution is 2.32. The highest BCUT2D eigenvalue weighted by atomic mass is 16.5. The number of amides is 2.